The first-order valence-electron chi connectivity index (χ1n) is 7.24. The average molecular weight is 319 g/mol. The monoisotopic (exact) mass is 319 g/mol. The Kier molecular flexibility index (Phi) is 5.41. The molecule has 0 radical (unpaired) electrons. The van der Waals surface area contributed by atoms with E-state index in [1.807, 2.05) is 6.07 Å². The van der Waals surface area contributed by atoms with E-state index in [4.69, 9.17) is 18.9 Å². The van der Waals surface area contributed by atoms with Crippen molar-refractivity contribution in [1.82, 2.24) is 0 Å². The van der Waals surface area contributed by atoms with Crippen LogP contribution in [0.4, 0.5) is 0 Å². The molecule has 0 saturated heterocycles. The van der Waals surface area contributed by atoms with Crippen LogP contribution in [0.2, 0.25) is 0 Å². The molecule has 1 aliphatic rings. The van der Waals surface area contributed by atoms with Crippen LogP contribution < -0.4 is 9.47 Å². The van der Waals surface area contributed by atoms with Crippen LogP contribution in [0.5, 0.6) is 11.5 Å². The maximum absolute atomic E-state index is 12.1. The highest BCUT2D eigenvalue weighted by Gasteiger charge is 2.39. The Bertz CT molecular complexity index is 618. The molecule has 122 valence electrons. The maximum atomic E-state index is 12.1. The zero-order valence-electron chi connectivity index (χ0n) is 12.9. The van der Waals surface area contributed by atoms with Gasteiger partial charge in [0.2, 0.25) is 6.79 Å². The van der Waals surface area contributed by atoms with E-state index in [0.717, 1.165) is 0 Å². The molecule has 1 atom stereocenters. The average Bonchev–Trinajstić information content (AvgIpc) is 3.00. The predicted octanol–water partition coefficient (Wildman–Crippen LogP) is 1.76. The summed E-state index contributed by atoms with van der Waals surface area (Å²) in [4.78, 5) is 24.3. The lowest BCUT2D eigenvalue weighted by molar-refractivity contribution is -0.162. The summed E-state index contributed by atoms with van der Waals surface area (Å²) in [5.41, 5.74) is 0.461. The van der Waals surface area contributed by atoms with Crippen LogP contribution in [0.1, 0.15) is 25.3 Å². The van der Waals surface area contributed by atoms with Crippen molar-refractivity contribution >= 4 is 11.9 Å². The molecule has 1 heterocycles. The number of nitriles is 1. The predicted molar refractivity (Wildman–Crippen MR) is 77.7 cm³/mol. The SMILES string of the molecule is CCOC(=O)C(C(=O)OCC)C(C#N)c1ccc2c(c1)OCO2. The molecule has 7 nitrogen and oxygen atoms in total. The highest BCUT2D eigenvalue weighted by molar-refractivity contribution is 5.96. The molecule has 0 bridgehead atoms. The summed E-state index contributed by atoms with van der Waals surface area (Å²) in [6.45, 7) is 3.56. The van der Waals surface area contributed by atoms with Gasteiger partial charge in [0, 0.05) is 0 Å². The third-order valence-corrected chi connectivity index (χ3v) is 3.31. The second kappa shape index (κ2) is 7.49. The minimum Gasteiger partial charge on any atom is -0.465 e. The molecule has 0 amide bonds. The van der Waals surface area contributed by atoms with Crippen molar-refractivity contribution in [1.29, 1.82) is 5.26 Å². The lowest BCUT2D eigenvalue weighted by Gasteiger charge is -2.19. The van der Waals surface area contributed by atoms with Crippen LogP contribution in [-0.4, -0.2) is 31.9 Å². The first-order chi connectivity index (χ1) is 11.1. The Morgan fingerprint density at radius 1 is 1.17 bits per heavy atom. The van der Waals surface area contributed by atoms with E-state index < -0.39 is 23.8 Å². The van der Waals surface area contributed by atoms with Crippen molar-refractivity contribution in [2.75, 3.05) is 20.0 Å². The number of carbonyl (C=O) groups is 2. The Hall–Kier alpha value is -2.75. The van der Waals surface area contributed by atoms with Crippen LogP contribution in [-0.2, 0) is 19.1 Å². The molecule has 2 rings (SSSR count). The number of rotatable bonds is 6. The van der Waals surface area contributed by atoms with Crippen molar-refractivity contribution in [2.45, 2.75) is 19.8 Å². The number of nitrogens with zero attached hydrogens (tertiary/aromatic N) is 1. The second-order valence-corrected chi connectivity index (χ2v) is 4.70. The molecule has 7 heteroatoms. The molecule has 0 aromatic heterocycles. The topological polar surface area (TPSA) is 94.9 Å². The molecule has 1 aliphatic heterocycles. The number of benzene rings is 1. The summed E-state index contributed by atoms with van der Waals surface area (Å²) in [5.74, 6) is -2.93. The van der Waals surface area contributed by atoms with Gasteiger partial charge in [-0.2, -0.15) is 5.26 Å². The minimum absolute atomic E-state index is 0.0924. The maximum Gasteiger partial charge on any atom is 0.322 e. The number of ether oxygens (including phenoxy) is 4. The van der Waals surface area contributed by atoms with Crippen molar-refractivity contribution in [3.8, 4) is 17.6 Å². The second-order valence-electron chi connectivity index (χ2n) is 4.70. The first-order valence-corrected chi connectivity index (χ1v) is 7.24. The smallest absolute Gasteiger partial charge is 0.322 e. The summed E-state index contributed by atoms with van der Waals surface area (Å²) in [5, 5.41) is 9.50. The Morgan fingerprint density at radius 2 is 1.78 bits per heavy atom. The molecule has 0 aliphatic carbocycles. The van der Waals surface area contributed by atoms with Gasteiger partial charge in [-0.05, 0) is 31.5 Å². The third-order valence-electron chi connectivity index (χ3n) is 3.31. The standard InChI is InChI=1S/C16H17NO6/c1-3-20-15(18)14(16(19)21-4-2)11(8-17)10-5-6-12-13(7-10)23-9-22-12/h5-7,11,14H,3-4,9H2,1-2H3. The van der Waals surface area contributed by atoms with Crippen molar-refractivity contribution in [3.05, 3.63) is 23.8 Å². The normalized spacial score (nSPS) is 13.3. The molecule has 1 aromatic carbocycles. The van der Waals surface area contributed by atoms with Gasteiger partial charge in [-0.3, -0.25) is 9.59 Å². The summed E-state index contributed by atoms with van der Waals surface area (Å²) in [7, 11) is 0. The minimum atomic E-state index is -1.35. The molecule has 0 saturated carbocycles. The largest absolute Gasteiger partial charge is 0.465 e. The number of hydrogen-bond donors (Lipinski definition) is 0. The van der Waals surface area contributed by atoms with E-state index in [1.54, 1.807) is 32.0 Å². The zero-order valence-corrected chi connectivity index (χ0v) is 12.9. The van der Waals surface area contributed by atoms with E-state index in [2.05, 4.69) is 0 Å². The van der Waals surface area contributed by atoms with Gasteiger partial charge in [-0.1, -0.05) is 6.07 Å². The number of fused-ring (bicyclic) bond motifs is 1. The molecule has 1 aromatic rings. The molecule has 0 N–H and O–H groups in total. The van der Waals surface area contributed by atoms with Gasteiger partial charge < -0.3 is 18.9 Å². The first kappa shape index (κ1) is 16.6. The van der Waals surface area contributed by atoms with E-state index in [1.165, 1.54) is 0 Å². The fourth-order valence-electron chi connectivity index (χ4n) is 2.28. The van der Waals surface area contributed by atoms with Gasteiger partial charge in [0.15, 0.2) is 17.4 Å². The van der Waals surface area contributed by atoms with Crippen molar-refractivity contribution in [2.24, 2.45) is 5.92 Å². The summed E-state index contributed by atoms with van der Waals surface area (Å²) in [6.07, 6.45) is 0. The quantitative estimate of drug-likeness (QED) is 0.582. The van der Waals surface area contributed by atoms with Gasteiger partial charge >= 0.3 is 11.9 Å². The van der Waals surface area contributed by atoms with Crippen molar-refractivity contribution < 1.29 is 28.5 Å². The zero-order chi connectivity index (χ0) is 16.8. The molecular weight excluding hydrogens is 302 g/mol. The molecular formula is C16H17NO6. The van der Waals surface area contributed by atoms with Gasteiger partial charge in [-0.25, -0.2) is 0 Å². The molecule has 0 fully saturated rings. The van der Waals surface area contributed by atoms with E-state index >= 15 is 0 Å². The summed E-state index contributed by atoms with van der Waals surface area (Å²) >= 11 is 0. The molecule has 1 unspecified atom stereocenters. The highest BCUT2D eigenvalue weighted by atomic mass is 16.7. The Labute approximate surface area is 133 Å². The van der Waals surface area contributed by atoms with Crippen LogP contribution in [0.25, 0.3) is 0 Å². The third kappa shape index (κ3) is 3.54. The molecule has 23 heavy (non-hydrogen) atoms. The van der Waals surface area contributed by atoms with Crippen molar-refractivity contribution in [3.63, 3.8) is 0 Å². The number of carbonyl (C=O) groups excluding carboxylic acids is 2. The Balaban J connectivity index is 2.35. The number of hydrogen-bond acceptors (Lipinski definition) is 7. The fraction of sp³-hybridized carbons (Fsp3) is 0.438. The number of esters is 2. The van der Waals surface area contributed by atoms with Crippen LogP contribution in [0.15, 0.2) is 18.2 Å². The van der Waals surface area contributed by atoms with Gasteiger partial charge in [0.05, 0.1) is 25.2 Å². The highest BCUT2D eigenvalue weighted by Crippen LogP contribution is 2.36. The lowest BCUT2D eigenvalue weighted by atomic mass is 9.87. The van der Waals surface area contributed by atoms with Gasteiger partial charge in [0.25, 0.3) is 0 Å². The molecule has 0 spiro atoms. The van der Waals surface area contributed by atoms with E-state index in [-0.39, 0.29) is 20.0 Å². The van der Waals surface area contributed by atoms with Crippen LogP contribution in [0, 0.1) is 17.2 Å². The summed E-state index contributed by atoms with van der Waals surface area (Å²) < 4.78 is 20.3. The summed E-state index contributed by atoms with van der Waals surface area (Å²) in [6, 6.07) is 6.83. The van der Waals surface area contributed by atoms with E-state index in [0.29, 0.717) is 17.1 Å². The van der Waals surface area contributed by atoms with Gasteiger partial charge in [0.1, 0.15) is 0 Å². The van der Waals surface area contributed by atoms with Gasteiger partial charge in [-0.15, -0.1) is 0 Å². The van der Waals surface area contributed by atoms with Crippen LogP contribution in [0.3, 0.4) is 0 Å². The lowest BCUT2D eigenvalue weighted by Crippen LogP contribution is -2.33. The van der Waals surface area contributed by atoms with E-state index in [9.17, 15) is 14.9 Å². The van der Waals surface area contributed by atoms with Crippen LogP contribution >= 0.6 is 0 Å². The fourth-order valence-corrected chi connectivity index (χ4v) is 2.28. The Morgan fingerprint density at radius 3 is 2.35 bits per heavy atom.